The molecule has 4 rings (SSSR count). The van der Waals surface area contributed by atoms with Gasteiger partial charge in [0.25, 0.3) is 0 Å². The zero-order valence-electron chi connectivity index (χ0n) is 16.4. The van der Waals surface area contributed by atoms with Crippen molar-refractivity contribution in [2.24, 2.45) is 0 Å². The van der Waals surface area contributed by atoms with Gasteiger partial charge in [-0.05, 0) is 43.2 Å². The summed E-state index contributed by atoms with van der Waals surface area (Å²) >= 11 is 0. The summed E-state index contributed by atoms with van der Waals surface area (Å²) in [6, 6.07) is 20.8. The largest absolute Gasteiger partial charge is 0.497 e. The van der Waals surface area contributed by atoms with E-state index in [1.165, 1.54) is 11.1 Å². The van der Waals surface area contributed by atoms with Crippen LogP contribution in [0.5, 0.6) is 5.75 Å². The maximum absolute atomic E-state index is 5.30. The Morgan fingerprint density at radius 1 is 0.964 bits per heavy atom. The molecule has 0 radical (unpaired) electrons. The van der Waals surface area contributed by atoms with Crippen LogP contribution in [-0.2, 0) is 6.54 Å². The van der Waals surface area contributed by atoms with Gasteiger partial charge >= 0.3 is 0 Å². The molecule has 0 fully saturated rings. The third-order valence-electron chi connectivity index (χ3n) is 4.88. The van der Waals surface area contributed by atoms with Gasteiger partial charge in [-0.3, -0.25) is 4.40 Å². The van der Waals surface area contributed by atoms with E-state index in [9.17, 15) is 0 Å². The molecule has 0 spiro atoms. The van der Waals surface area contributed by atoms with Crippen LogP contribution in [0, 0.1) is 13.8 Å². The molecule has 5 heteroatoms. The Hall–Kier alpha value is -3.18. The van der Waals surface area contributed by atoms with Gasteiger partial charge in [0.05, 0.1) is 18.8 Å². The third-order valence-corrected chi connectivity index (χ3v) is 4.88. The first-order chi connectivity index (χ1) is 13.6. The molecule has 0 saturated carbocycles. The molecule has 0 bridgehead atoms. The maximum atomic E-state index is 5.30. The minimum Gasteiger partial charge on any atom is -0.497 e. The fourth-order valence-electron chi connectivity index (χ4n) is 3.48. The number of rotatable bonds is 6. The molecule has 0 aliphatic heterocycles. The van der Waals surface area contributed by atoms with Crippen LogP contribution < -0.4 is 10.1 Å². The molecular weight excluding hydrogens is 348 g/mol. The second-order valence-corrected chi connectivity index (χ2v) is 6.94. The summed E-state index contributed by atoms with van der Waals surface area (Å²) in [5.41, 5.74) is 5.48. The first kappa shape index (κ1) is 18.2. The number of hydrogen-bond donors (Lipinski definition) is 1. The molecule has 0 aliphatic rings. The standard InChI is InChI=1S/C23H24N4O/c1-16-13-17(2)27-15-20(26-23(27)25-16)14-24-22(18-7-5-4-6-8-18)19-9-11-21(28-3)12-10-19/h4-13,15,22,24H,14H2,1-3H3. The van der Waals surface area contributed by atoms with Crippen LogP contribution >= 0.6 is 0 Å². The van der Waals surface area contributed by atoms with E-state index in [2.05, 4.69) is 65.9 Å². The number of nitrogens with one attached hydrogen (secondary N) is 1. The summed E-state index contributed by atoms with van der Waals surface area (Å²) in [5, 5.41) is 3.66. The number of methoxy groups -OCH3 is 1. The van der Waals surface area contributed by atoms with E-state index in [0.717, 1.165) is 28.6 Å². The van der Waals surface area contributed by atoms with Crippen molar-refractivity contribution in [1.82, 2.24) is 19.7 Å². The van der Waals surface area contributed by atoms with Gasteiger partial charge in [-0.2, -0.15) is 0 Å². The molecule has 4 aromatic rings. The van der Waals surface area contributed by atoms with Crippen LogP contribution in [0.25, 0.3) is 5.78 Å². The van der Waals surface area contributed by atoms with Crippen molar-refractivity contribution in [3.8, 4) is 5.75 Å². The minimum atomic E-state index is 0.0627. The highest BCUT2D eigenvalue weighted by Gasteiger charge is 2.15. The average molecular weight is 372 g/mol. The van der Waals surface area contributed by atoms with Gasteiger partial charge in [0.15, 0.2) is 0 Å². The molecule has 2 heterocycles. The Labute approximate surface area is 165 Å². The highest BCUT2D eigenvalue weighted by atomic mass is 16.5. The minimum absolute atomic E-state index is 0.0627. The summed E-state index contributed by atoms with van der Waals surface area (Å²) in [6.07, 6.45) is 2.06. The summed E-state index contributed by atoms with van der Waals surface area (Å²) in [7, 11) is 1.68. The predicted octanol–water partition coefficient (Wildman–Crippen LogP) is 4.23. The summed E-state index contributed by atoms with van der Waals surface area (Å²) in [6.45, 7) is 4.72. The van der Waals surface area contributed by atoms with E-state index in [0.29, 0.717) is 6.54 Å². The quantitative estimate of drug-likeness (QED) is 0.550. The second-order valence-electron chi connectivity index (χ2n) is 6.94. The molecule has 2 aromatic carbocycles. The lowest BCUT2D eigenvalue weighted by Gasteiger charge is -2.19. The van der Waals surface area contributed by atoms with E-state index >= 15 is 0 Å². The van der Waals surface area contributed by atoms with Gasteiger partial charge in [-0.15, -0.1) is 0 Å². The van der Waals surface area contributed by atoms with E-state index in [1.807, 2.05) is 29.5 Å². The molecule has 2 aromatic heterocycles. The topological polar surface area (TPSA) is 51.5 Å². The lowest BCUT2D eigenvalue weighted by Crippen LogP contribution is -2.22. The lowest BCUT2D eigenvalue weighted by atomic mass is 9.98. The van der Waals surface area contributed by atoms with Gasteiger partial charge in [-0.25, -0.2) is 9.97 Å². The fraction of sp³-hybridized carbons (Fsp3) is 0.217. The summed E-state index contributed by atoms with van der Waals surface area (Å²) < 4.78 is 7.33. The van der Waals surface area contributed by atoms with Crippen LogP contribution in [0.15, 0.2) is 66.9 Å². The summed E-state index contributed by atoms with van der Waals surface area (Å²) in [4.78, 5) is 9.22. The Balaban J connectivity index is 1.61. The molecule has 28 heavy (non-hydrogen) atoms. The molecule has 0 aliphatic carbocycles. The van der Waals surface area contributed by atoms with Gasteiger partial charge in [0.1, 0.15) is 5.75 Å². The van der Waals surface area contributed by atoms with Crippen molar-refractivity contribution in [2.75, 3.05) is 7.11 Å². The van der Waals surface area contributed by atoms with Crippen molar-refractivity contribution >= 4 is 5.78 Å². The van der Waals surface area contributed by atoms with Crippen molar-refractivity contribution in [3.63, 3.8) is 0 Å². The normalized spacial score (nSPS) is 12.2. The molecule has 1 unspecified atom stereocenters. The molecule has 142 valence electrons. The number of imidazole rings is 1. The number of benzene rings is 2. The number of fused-ring (bicyclic) bond motifs is 1. The van der Waals surface area contributed by atoms with E-state index in [1.54, 1.807) is 7.11 Å². The Kier molecular flexibility index (Phi) is 5.08. The smallest absolute Gasteiger partial charge is 0.234 e. The third kappa shape index (κ3) is 3.75. The lowest BCUT2D eigenvalue weighted by molar-refractivity contribution is 0.414. The van der Waals surface area contributed by atoms with E-state index in [-0.39, 0.29) is 6.04 Å². The molecular formula is C23H24N4O. The van der Waals surface area contributed by atoms with Crippen molar-refractivity contribution in [1.29, 1.82) is 0 Å². The molecule has 5 nitrogen and oxygen atoms in total. The molecule has 0 saturated heterocycles. The number of aryl methyl sites for hydroxylation is 2. The Morgan fingerprint density at radius 3 is 2.39 bits per heavy atom. The van der Waals surface area contributed by atoms with Gasteiger partial charge < -0.3 is 10.1 Å². The average Bonchev–Trinajstić information content (AvgIpc) is 3.12. The highest BCUT2D eigenvalue weighted by molar-refractivity contribution is 5.37. The summed E-state index contributed by atoms with van der Waals surface area (Å²) in [5.74, 6) is 1.60. The van der Waals surface area contributed by atoms with Crippen molar-refractivity contribution in [3.05, 3.63) is 95.1 Å². The Morgan fingerprint density at radius 2 is 1.68 bits per heavy atom. The highest BCUT2D eigenvalue weighted by Crippen LogP contribution is 2.24. The number of aromatic nitrogens is 3. The van der Waals surface area contributed by atoms with Crippen LogP contribution in [-0.4, -0.2) is 21.5 Å². The van der Waals surface area contributed by atoms with Crippen LogP contribution in [0.4, 0.5) is 0 Å². The molecule has 1 N–H and O–H groups in total. The molecule has 1 atom stereocenters. The first-order valence-corrected chi connectivity index (χ1v) is 9.38. The van der Waals surface area contributed by atoms with E-state index in [4.69, 9.17) is 9.72 Å². The van der Waals surface area contributed by atoms with Gasteiger partial charge in [-0.1, -0.05) is 42.5 Å². The number of ether oxygens (including phenoxy) is 1. The monoisotopic (exact) mass is 372 g/mol. The predicted molar refractivity (Wildman–Crippen MR) is 111 cm³/mol. The Bertz CT molecular complexity index is 1070. The van der Waals surface area contributed by atoms with E-state index < -0.39 is 0 Å². The second kappa shape index (κ2) is 7.82. The van der Waals surface area contributed by atoms with Gasteiger partial charge in [0, 0.05) is 24.1 Å². The number of nitrogens with zero attached hydrogens (tertiary/aromatic N) is 3. The van der Waals surface area contributed by atoms with Gasteiger partial charge in [0.2, 0.25) is 5.78 Å². The van der Waals surface area contributed by atoms with Crippen LogP contribution in [0.3, 0.4) is 0 Å². The fourth-order valence-corrected chi connectivity index (χ4v) is 3.48. The maximum Gasteiger partial charge on any atom is 0.234 e. The SMILES string of the molecule is COc1ccc(C(NCc2cn3c(C)cc(C)nc3n2)c2ccccc2)cc1. The molecule has 0 amide bonds. The zero-order chi connectivity index (χ0) is 19.5. The van der Waals surface area contributed by atoms with Crippen LogP contribution in [0.2, 0.25) is 0 Å². The van der Waals surface area contributed by atoms with Crippen molar-refractivity contribution < 1.29 is 4.74 Å². The van der Waals surface area contributed by atoms with Crippen molar-refractivity contribution in [2.45, 2.75) is 26.4 Å². The first-order valence-electron chi connectivity index (χ1n) is 9.38. The zero-order valence-corrected chi connectivity index (χ0v) is 16.4. The van der Waals surface area contributed by atoms with Crippen LogP contribution in [0.1, 0.15) is 34.3 Å². The number of hydrogen-bond acceptors (Lipinski definition) is 4.